The van der Waals surface area contributed by atoms with Crippen LogP contribution in [0.1, 0.15) is 19.1 Å². The average Bonchev–Trinajstić information content (AvgIpc) is 3.18. The molecule has 0 saturated heterocycles. The van der Waals surface area contributed by atoms with E-state index in [2.05, 4.69) is 22.5 Å². The molecule has 0 radical (unpaired) electrons. The fraction of sp³-hybridized carbons (Fsp3) is 0.300. The second-order valence-corrected chi connectivity index (χ2v) is 5.99. The van der Waals surface area contributed by atoms with Crippen molar-refractivity contribution < 1.29 is 14.0 Å². The maximum Gasteiger partial charge on any atom is 0.244 e. The van der Waals surface area contributed by atoms with Crippen LogP contribution in [-0.4, -0.2) is 38.0 Å². The van der Waals surface area contributed by atoms with Gasteiger partial charge in [-0.15, -0.1) is 0 Å². The minimum absolute atomic E-state index is 0.0892. The lowest BCUT2D eigenvalue weighted by atomic mass is 10.2. The summed E-state index contributed by atoms with van der Waals surface area (Å²) in [6, 6.07) is 13.7. The van der Waals surface area contributed by atoms with Crippen molar-refractivity contribution >= 4 is 23.6 Å². The molecule has 0 bridgehead atoms. The topological polar surface area (TPSA) is 74.6 Å². The largest absolute Gasteiger partial charge is 0.465 e. The van der Waals surface area contributed by atoms with Gasteiger partial charge in [-0.2, -0.15) is 0 Å². The number of anilines is 1. The molecule has 26 heavy (non-hydrogen) atoms. The molecule has 1 heterocycles. The number of hydrogen-bond acceptors (Lipinski definition) is 4. The van der Waals surface area contributed by atoms with Crippen LogP contribution in [-0.2, 0) is 9.59 Å². The molecule has 138 valence electrons. The SMILES string of the molecule is CC(CNC(=O)CCNC(=O)/C=C/c1ccco1)N(C)c1ccccc1. The molecular weight excluding hydrogens is 330 g/mol. The van der Waals surface area contributed by atoms with Gasteiger partial charge in [-0.25, -0.2) is 0 Å². The molecule has 0 aliphatic heterocycles. The number of carbonyl (C=O) groups excluding carboxylic acids is 2. The first-order chi connectivity index (χ1) is 12.6. The lowest BCUT2D eigenvalue weighted by molar-refractivity contribution is -0.121. The second kappa shape index (κ2) is 10.1. The predicted molar refractivity (Wildman–Crippen MR) is 103 cm³/mol. The highest BCUT2D eigenvalue weighted by atomic mass is 16.3. The summed E-state index contributed by atoms with van der Waals surface area (Å²) in [5, 5.41) is 5.57. The molecule has 1 aromatic heterocycles. The molecule has 2 amide bonds. The van der Waals surface area contributed by atoms with E-state index in [1.54, 1.807) is 18.2 Å². The number of nitrogens with one attached hydrogen (secondary N) is 2. The van der Waals surface area contributed by atoms with E-state index in [1.807, 2.05) is 37.4 Å². The number of amides is 2. The van der Waals surface area contributed by atoms with Gasteiger partial charge < -0.3 is 20.0 Å². The number of benzene rings is 1. The van der Waals surface area contributed by atoms with Crippen molar-refractivity contribution in [3.8, 4) is 0 Å². The fourth-order valence-electron chi connectivity index (χ4n) is 2.31. The van der Waals surface area contributed by atoms with Crippen molar-refractivity contribution in [1.82, 2.24) is 10.6 Å². The Morgan fingerprint density at radius 1 is 1.15 bits per heavy atom. The highest BCUT2D eigenvalue weighted by molar-refractivity contribution is 5.91. The monoisotopic (exact) mass is 355 g/mol. The molecule has 6 nitrogen and oxygen atoms in total. The van der Waals surface area contributed by atoms with E-state index < -0.39 is 0 Å². The Morgan fingerprint density at radius 3 is 2.62 bits per heavy atom. The number of likely N-dealkylation sites (N-methyl/N-ethyl adjacent to an activating group) is 1. The van der Waals surface area contributed by atoms with Gasteiger partial charge in [0, 0.05) is 44.4 Å². The summed E-state index contributed by atoms with van der Waals surface area (Å²) < 4.78 is 5.10. The van der Waals surface area contributed by atoms with Crippen LogP contribution in [0.2, 0.25) is 0 Å². The van der Waals surface area contributed by atoms with E-state index in [-0.39, 0.29) is 30.8 Å². The van der Waals surface area contributed by atoms with Crippen LogP contribution in [0.5, 0.6) is 0 Å². The molecule has 2 N–H and O–H groups in total. The first kappa shape index (κ1) is 19.3. The molecular formula is C20H25N3O3. The highest BCUT2D eigenvalue weighted by Crippen LogP contribution is 2.13. The Hall–Kier alpha value is -3.02. The minimum atomic E-state index is -0.258. The third-order valence-electron chi connectivity index (χ3n) is 4.01. The molecule has 2 aromatic rings. The van der Waals surface area contributed by atoms with Gasteiger partial charge in [0.15, 0.2) is 0 Å². The predicted octanol–water partition coefficient (Wildman–Crippen LogP) is 2.44. The van der Waals surface area contributed by atoms with Gasteiger partial charge in [-0.3, -0.25) is 9.59 Å². The molecule has 1 aromatic carbocycles. The lowest BCUT2D eigenvalue weighted by Crippen LogP contribution is -2.41. The zero-order valence-electron chi connectivity index (χ0n) is 15.1. The molecule has 2 rings (SSSR count). The quantitative estimate of drug-likeness (QED) is 0.678. The van der Waals surface area contributed by atoms with Crippen molar-refractivity contribution in [2.75, 3.05) is 25.0 Å². The molecule has 0 aliphatic carbocycles. The third kappa shape index (κ3) is 6.47. The number of hydrogen-bond donors (Lipinski definition) is 2. The minimum Gasteiger partial charge on any atom is -0.465 e. The van der Waals surface area contributed by atoms with Crippen LogP contribution in [0.25, 0.3) is 6.08 Å². The van der Waals surface area contributed by atoms with Gasteiger partial charge in [0.2, 0.25) is 11.8 Å². The van der Waals surface area contributed by atoms with Crippen molar-refractivity contribution in [3.63, 3.8) is 0 Å². The summed E-state index contributed by atoms with van der Waals surface area (Å²) in [6.07, 6.45) is 4.74. The number of rotatable bonds is 9. The Balaban J connectivity index is 1.63. The van der Waals surface area contributed by atoms with Crippen LogP contribution in [0, 0.1) is 0 Å². The number of furan rings is 1. The van der Waals surface area contributed by atoms with Crippen LogP contribution < -0.4 is 15.5 Å². The van der Waals surface area contributed by atoms with Crippen molar-refractivity contribution in [2.24, 2.45) is 0 Å². The number of para-hydroxylation sites is 1. The summed E-state index contributed by atoms with van der Waals surface area (Å²) in [5.41, 5.74) is 1.10. The highest BCUT2D eigenvalue weighted by Gasteiger charge is 2.11. The van der Waals surface area contributed by atoms with E-state index in [1.165, 1.54) is 12.3 Å². The maximum absolute atomic E-state index is 11.9. The van der Waals surface area contributed by atoms with Crippen molar-refractivity contribution in [1.29, 1.82) is 0 Å². The Kier molecular flexibility index (Phi) is 7.49. The molecule has 0 spiro atoms. The van der Waals surface area contributed by atoms with Crippen LogP contribution >= 0.6 is 0 Å². The maximum atomic E-state index is 11.9. The number of nitrogens with zero attached hydrogens (tertiary/aromatic N) is 1. The van der Waals surface area contributed by atoms with Gasteiger partial charge >= 0.3 is 0 Å². The van der Waals surface area contributed by atoms with Crippen LogP contribution in [0.3, 0.4) is 0 Å². The Morgan fingerprint density at radius 2 is 1.92 bits per heavy atom. The Bertz CT molecular complexity index is 711. The molecule has 1 atom stereocenters. The van der Waals surface area contributed by atoms with Gasteiger partial charge in [0.05, 0.1) is 6.26 Å². The average molecular weight is 355 g/mol. The molecule has 0 fully saturated rings. The molecule has 0 saturated carbocycles. The van der Waals surface area contributed by atoms with Gasteiger partial charge in [0.1, 0.15) is 5.76 Å². The summed E-state index contributed by atoms with van der Waals surface area (Å²) in [7, 11) is 2.00. The Labute approximate surface area is 153 Å². The molecule has 0 aliphatic rings. The zero-order valence-corrected chi connectivity index (χ0v) is 15.1. The second-order valence-electron chi connectivity index (χ2n) is 5.99. The summed E-state index contributed by atoms with van der Waals surface area (Å²) >= 11 is 0. The fourth-order valence-corrected chi connectivity index (χ4v) is 2.31. The van der Waals surface area contributed by atoms with E-state index >= 15 is 0 Å². The first-order valence-electron chi connectivity index (χ1n) is 8.60. The molecule has 6 heteroatoms. The smallest absolute Gasteiger partial charge is 0.244 e. The van der Waals surface area contributed by atoms with E-state index in [0.29, 0.717) is 12.3 Å². The van der Waals surface area contributed by atoms with E-state index in [0.717, 1.165) is 5.69 Å². The van der Waals surface area contributed by atoms with Crippen LogP contribution in [0.15, 0.2) is 59.2 Å². The van der Waals surface area contributed by atoms with E-state index in [9.17, 15) is 9.59 Å². The zero-order chi connectivity index (χ0) is 18.8. The van der Waals surface area contributed by atoms with Gasteiger partial charge in [-0.05, 0) is 37.3 Å². The third-order valence-corrected chi connectivity index (χ3v) is 4.01. The summed E-state index contributed by atoms with van der Waals surface area (Å²) in [5.74, 6) is 0.259. The van der Waals surface area contributed by atoms with Crippen molar-refractivity contribution in [2.45, 2.75) is 19.4 Å². The number of carbonyl (C=O) groups is 2. The first-order valence-corrected chi connectivity index (χ1v) is 8.60. The normalized spacial score (nSPS) is 11.9. The van der Waals surface area contributed by atoms with Gasteiger partial charge in [0.25, 0.3) is 0 Å². The van der Waals surface area contributed by atoms with Crippen molar-refractivity contribution in [3.05, 3.63) is 60.6 Å². The van der Waals surface area contributed by atoms with Crippen LogP contribution in [0.4, 0.5) is 5.69 Å². The summed E-state index contributed by atoms with van der Waals surface area (Å²) in [6.45, 7) is 2.88. The standard InChI is InChI=1S/C20H25N3O3/c1-16(23(2)17-7-4-3-5-8-17)15-22-20(25)12-13-21-19(24)11-10-18-9-6-14-26-18/h3-11,14,16H,12-13,15H2,1-2H3,(H,21,24)(H,22,25)/b11-10+. The molecule has 1 unspecified atom stereocenters. The van der Waals surface area contributed by atoms with E-state index in [4.69, 9.17) is 4.42 Å². The lowest BCUT2D eigenvalue weighted by Gasteiger charge is -2.27. The summed E-state index contributed by atoms with van der Waals surface area (Å²) in [4.78, 5) is 25.7. The van der Waals surface area contributed by atoms with Gasteiger partial charge in [-0.1, -0.05) is 18.2 Å².